The molecule has 0 aliphatic carbocycles. The van der Waals surface area contributed by atoms with Gasteiger partial charge in [0.05, 0.1) is 6.61 Å². The second-order valence-electron chi connectivity index (χ2n) is 15.6. The summed E-state index contributed by atoms with van der Waals surface area (Å²) in [6.45, 7) is 34.0. The molecule has 2 unspecified atom stereocenters. The van der Waals surface area contributed by atoms with E-state index in [2.05, 4.69) is 112 Å². The molecule has 1 saturated heterocycles. The molecule has 226 valence electrons. The fourth-order valence-electron chi connectivity index (χ4n) is 3.62. The first kappa shape index (κ1) is 34.4. The van der Waals surface area contributed by atoms with Crippen LogP contribution in [0.1, 0.15) is 68.5 Å². The third-order valence-corrected chi connectivity index (χ3v) is 23.0. The Morgan fingerprint density at radius 2 is 1.31 bits per heavy atom. The average Bonchev–Trinajstić information content (AvgIpc) is 3.05. The highest BCUT2D eigenvalue weighted by atomic mass is 28.4. The van der Waals surface area contributed by atoms with Crippen LogP contribution in [-0.4, -0.2) is 66.5 Å². The minimum Gasteiger partial charge on any atom is -0.414 e. The van der Waals surface area contributed by atoms with Crippen molar-refractivity contribution in [2.75, 3.05) is 19.0 Å². The summed E-state index contributed by atoms with van der Waals surface area (Å²) in [5.41, 5.74) is -0.382. The monoisotopic (exact) mass is 599 g/mol. The first-order chi connectivity index (χ1) is 17.3. The lowest BCUT2D eigenvalue weighted by atomic mass is 10.1. The lowest BCUT2D eigenvalue weighted by Gasteiger charge is -2.44. The van der Waals surface area contributed by atoms with Gasteiger partial charge in [-0.15, -0.1) is 0 Å². The van der Waals surface area contributed by atoms with Gasteiger partial charge in [-0.3, -0.25) is 4.57 Å². The van der Waals surface area contributed by atoms with Gasteiger partial charge in [0.25, 0.3) is 0 Å². The van der Waals surface area contributed by atoms with Crippen molar-refractivity contribution in [3.05, 3.63) is 22.7 Å². The van der Waals surface area contributed by atoms with Crippen LogP contribution in [0.3, 0.4) is 0 Å². The Bertz CT molecular complexity index is 1040. The summed E-state index contributed by atoms with van der Waals surface area (Å²) >= 11 is 0. The van der Waals surface area contributed by atoms with Crippen molar-refractivity contribution in [3.8, 4) is 0 Å². The van der Waals surface area contributed by atoms with Crippen molar-refractivity contribution in [2.24, 2.45) is 0 Å². The summed E-state index contributed by atoms with van der Waals surface area (Å²) in [5, 5.41) is 2.96. The Hall–Kier alpha value is -0.829. The Balaban J connectivity index is 2.66. The third-order valence-electron chi connectivity index (χ3n) is 9.53. The topological polar surface area (TPSA) is 83.8 Å². The predicted octanol–water partition coefficient (Wildman–Crippen LogP) is 6.99. The van der Waals surface area contributed by atoms with E-state index in [9.17, 15) is 4.79 Å². The van der Waals surface area contributed by atoms with E-state index in [-0.39, 0.29) is 33.0 Å². The summed E-state index contributed by atoms with van der Waals surface area (Å²) in [4.78, 5) is 17.4. The summed E-state index contributed by atoms with van der Waals surface area (Å²) in [6.07, 6.45) is -0.177. The van der Waals surface area contributed by atoms with Gasteiger partial charge >= 0.3 is 5.69 Å². The molecule has 1 aliphatic heterocycles. The Morgan fingerprint density at radius 1 is 0.846 bits per heavy atom. The molecule has 2 heterocycles. The number of ether oxygens (including phenoxy) is 1. The summed E-state index contributed by atoms with van der Waals surface area (Å²) in [7, 11) is -4.85. The molecule has 0 amide bonds. The maximum absolute atomic E-state index is 13.2. The van der Waals surface area contributed by atoms with Gasteiger partial charge in [-0.25, -0.2) is 4.79 Å². The van der Waals surface area contributed by atoms with Crippen molar-refractivity contribution in [1.82, 2.24) is 9.55 Å². The highest BCUT2D eigenvalue weighted by molar-refractivity contribution is 6.75. The van der Waals surface area contributed by atoms with Crippen LogP contribution in [-0.2, 0) is 18.0 Å². The van der Waals surface area contributed by atoms with Crippen LogP contribution in [0.5, 0.6) is 0 Å². The van der Waals surface area contributed by atoms with Gasteiger partial charge in [0.1, 0.15) is 24.1 Å². The molecule has 8 nitrogen and oxygen atoms in total. The first-order valence-corrected chi connectivity index (χ1v) is 23.0. The van der Waals surface area contributed by atoms with Gasteiger partial charge in [-0.2, -0.15) is 4.98 Å². The maximum atomic E-state index is 13.2. The Kier molecular flexibility index (Phi) is 10.1. The fraction of sp³-hybridized carbons (Fsp3) is 0.857. The molecule has 39 heavy (non-hydrogen) atoms. The Labute approximate surface area is 241 Å². The lowest BCUT2D eigenvalue weighted by Crippen LogP contribution is -2.54. The molecule has 0 bridgehead atoms. The Morgan fingerprint density at radius 3 is 1.72 bits per heavy atom. The van der Waals surface area contributed by atoms with Crippen LogP contribution in [0.25, 0.3) is 0 Å². The molecule has 1 fully saturated rings. The maximum Gasteiger partial charge on any atom is 0.351 e. The largest absolute Gasteiger partial charge is 0.414 e. The van der Waals surface area contributed by atoms with E-state index in [0.29, 0.717) is 12.4 Å². The SMILES string of the molecule is CNc1ccn([C@@H]2O[C@H](CO[Si](C)(C)C(C)(C)C)C(O[Si](C)(C)C(C)(C)C)C2O[Si](C)(C)C(C)(C)C)c(=O)n1. The van der Waals surface area contributed by atoms with Crippen molar-refractivity contribution in [1.29, 1.82) is 0 Å². The summed E-state index contributed by atoms with van der Waals surface area (Å²) in [5.74, 6) is 0.517. The predicted molar refractivity (Wildman–Crippen MR) is 169 cm³/mol. The van der Waals surface area contributed by atoms with Gasteiger partial charge in [0, 0.05) is 13.2 Å². The van der Waals surface area contributed by atoms with Gasteiger partial charge in [-0.05, 0) is 60.5 Å². The minimum absolute atomic E-state index is 0.00964. The summed E-state index contributed by atoms with van der Waals surface area (Å²) < 4.78 is 29.2. The highest BCUT2D eigenvalue weighted by Gasteiger charge is 2.55. The van der Waals surface area contributed by atoms with Gasteiger partial charge in [0.15, 0.2) is 31.2 Å². The van der Waals surface area contributed by atoms with Crippen molar-refractivity contribution in [2.45, 2.75) is 141 Å². The van der Waals surface area contributed by atoms with E-state index in [4.69, 9.17) is 18.0 Å². The van der Waals surface area contributed by atoms with E-state index in [0.717, 1.165) is 0 Å². The van der Waals surface area contributed by atoms with E-state index in [1.807, 2.05) is 0 Å². The zero-order chi connectivity index (χ0) is 30.4. The number of hydrogen-bond donors (Lipinski definition) is 1. The smallest absolute Gasteiger partial charge is 0.351 e. The second kappa shape index (κ2) is 11.5. The molecular formula is C28H57N3O5Si3. The van der Waals surface area contributed by atoms with Gasteiger partial charge in [0.2, 0.25) is 0 Å². The number of hydrogen-bond acceptors (Lipinski definition) is 7. The molecular weight excluding hydrogens is 543 g/mol. The lowest BCUT2D eigenvalue weighted by molar-refractivity contribution is -0.0509. The zero-order valence-corrected chi connectivity index (χ0v) is 30.6. The fourth-order valence-corrected chi connectivity index (χ4v) is 7.24. The number of rotatable bonds is 9. The van der Waals surface area contributed by atoms with Crippen LogP contribution in [0, 0.1) is 0 Å². The van der Waals surface area contributed by atoms with Crippen molar-refractivity contribution < 1.29 is 18.0 Å². The number of aromatic nitrogens is 2. The molecule has 0 spiro atoms. The van der Waals surface area contributed by atoms with Crippen molar-refractivity contribution >= 4 is 30.8 Å². The van der Waals surface area contributed by atoms with E-state index in [1.165, 1.54) is 0 Å². The zero-order valence-electron chi connectivity index (χ0n) is 27.6. The quantitative estimate of drug-likeness (QED) is 0.306. The molecule has 1 aliphatic rings. The number of nitrogens with zero attached hydrogens (tertiary/aromatic N) is 2. The van der Waals surface area contributed by atoms with Gasteiger partial charge in [-0.1, -0.05) is 62.3 Å². The summed E-state index contributed by atoms with van der Waals surface area (Å²) in [6, 6.07) is 1.79. The van der Waals surface area contributed by atoms with Crippen LogP contribution in [0.15, 0.2) is 17.1 Å². The number of nitrogens with one attached hydrogen (secondary N) is 1. The number of anilines is 1. The van der Waals surface area contributed by atoms with Crippen LogP contribution < -0.4 is 11.0 Å². The molecule has 1 aromatic rings. The molecule has 1 aromatic heterocycles. The van der Waals surface area contributed by atoms with Crippen LogP contribution >= 0.6 is 0 Å². The van der Waals surface area contributed by atoms with E-state index in [1.54, 1.807) is 23.9 Å². The average molecular weight is 600 g/mol. The standard InChI is InChI=1S/C28H57N3O5Si3/c1-26(2,3)37(11,12)33-19-20-22(35-38(13,14)27(4,5)6)23(36-39(15,16)28(7,8)9)24(34-20)31-18-17-21(29-10)30-25(31)32/h17-18,20,22-24H,19H2,1-16H3,(H,29,30,32)/t20-,22?,23?,24-/m1/s1. The molecule has 2 rings (SSSR count). The molecule has 0 radical (unpaired) electrons. The van der Waals surface area contributed by atoms with Crippen LogP contribution in [0.2, 0.25) is 54.4 Å². The highest BCUT2D eigenvalue weighted by Crippen LogP contribution is 2.46. The molecule has 11 heteroatoms. The first-order valence-electron chi connectivity index (χ1n) is 14.3. The third kappa shape index (κ3) is 7.72. The van der Waals surface area contributed by atoms with Crippen molar-refractivity contribution in [3.63, 3.8) is 0 Å². The normalized spacial score (nSPS) is 23.8. The van der Waals surface area contributed by atoms with Crippen LogP contribution in [0.4, 0.5) is 5.82 Å². The molecule has 1 N–H and O–H groups in total. The molecule has 0 aromatic carbocycles. The molecule has 4 atom stereocenters. The van der Waals surface area contributed by atoms with E-state index >= 15 is 0 Å². The minimum atomic E-state index is -2.29. The molecule has 0 saturated carbocycles. The van der Waals surface area contributed by atoms with Gasteiger partial charge < -0.3 is 23.3 Å². The van der Waals surface area contributed by atoms with E-state index < -0.39 is 37.3 Å². The second-order valence-corrected chi connectivity index (χ2v) is 29.9.